The van der Waals surface area contributed by atoms with Crippen molar-refractivity contribution in [2.75, 3.05) is 19.0 Å². The van der Waals surface area contributed by atoms with E-state index < -0.39 is 5.91 Å². The average Bonchev–Trinajstić information content (AvgIpc) is 3.47. The number of hydrogen-bond acceptors (Lipinski definition) is 6. The molecule has 2 heterocycles. The summed E-state index contributed by atoms with van der Waals surface area (Å²) in [5.74, 6) is -0.549. The Labute approximate surface area is 219 Å². The Morgan fingerprint density at radius 1 is 1.05 bits per heavy atom. The molecule has 2 aromatic carbocycles. The number of fused-ring (bicyclic) bond motifs is 1. The molecule has 38 heavy (non-hydrogen) atoms. The van der Waals surface area contributed by atoms with Crippen molar-refractivity contribution < 1.29 is 19.1 Å². The molecule has 4 rings (SSSR count). The Bertz CT molecular complexity index is 1520. The van der Waals surface area contributed by atoms with Crippen molar-refractivity contribution in [3.8, 4) is 5.75 Å². The largest absolute Gasteiger partial charge is 0.494 e. The van der Waals surface area contributed by atoms with Crippen molar-refractivity contribution in [1.29, 1.82) is 0 Å². The molecule has 196 valence electrons. The van der Waals surface area contributed by atoms with Crippen LogP contribution in [0.15, 0.2) is 60.7 Å². The number of imidazole rings is 1. The summed E-state index contributed by atoms with van der Waals surface area (Å²) in [4.78, 5) is 41.8. The molecule has 0 fully saturated rings. The number of aryl methyl sites for hydroxylation is 2. The maximum Gasteiger partial charge on any atom is 0.276 e. The number of methoxy groups -OCH3 is 1. The van der Waals surface area contributed by atoms with E-state index in [1.54, 1.807) is 51.7 Å². The first-order valence-corrected chi connectivity index (χ1v) is 12.0. The number of benzene rings is 2. The van der Waals surface area contributed by atoms with Crippen LogP contribution in [0.2, 0.25) is 0 Å². The molecule has 0 atom stereocenters. The third kappa shape index (κ3) is 5.56. The van der Waals surface area contributed by atoms with Crippen LogP contribution in [0.4, 0.5) is 5.95 Å². The van der Waals surface area contributed by atoms with Crippen molar-refractivity contribution in [2.45, 2.75) is 26.9 Å². The number of nitrogens with one attached hydrogen (secondary N) is 2. The normalized spacial score (nSPS) is 11.1. The highest BCUT2D eigenvalue weighted by molar-refractivity contribution is 6.04. The number of allylic oxidation sites excluding steroid dienone is 1. The van der Waals surface area contributed by atoms with E-state index in [4.69, 9.17) is 10.5 Å². The molecule has 0 bridgehead atoms. The smallest absolute Gasteiger partial charge is 0.276 e. The minimum atomic E-state index is -0.623. The van der Waals surface area contributed by atoms with Gasteiger partial charge in [-0.3, -0.25) is 24.4 Å². The van der Waals surface area contributed by atoms with Crippen LogP contribution >= 0.6 is 0 Å². The van der Waals surface area contributed by atoms with Crippen LogP contribution in [-0.4, -0.2) is 50.7 Å². The SMILES string of the molecule is CCn1nc(C)cc1C(=O)Nc1nc2cc(C(N)=O)cc(OC)c2n1CC=CCNC(=O)c1ccccc1. The highest BCUT2D eigenvalue weighted by Crippen LogP contribution is 2.31. The lowest BCUT2D eigenvalue weighted by atomic mass is 10.1. The quantitative estimate of drug-likeness (QED) is 0.277. The van der Waals surface area contributed by atoms with Gasteiger partial charge in [-0.1, -0.05) is 30.4 Å². The summed E-state index contributed by atoms with van der Waals surface area (Å²) < 4.78 is 8.90. The summed E-state index contributed by atoms with van der Waals surface area (Å²) in [7, 11) is 1.48. The van der Waals surface area contributed by atoms with Crippen molar-refractivity contribution in [2.24, 2.45) is 5.73 Å². The summed E-state index contributed by atoms with van der Waals surface area (Å²) in [6, 6.07) is 13.7. The maximum atomic E-state index is 13.2. The number of hydrogen-bond donors (Lipinski definition) is 3. The fourth-order valence-corrected chi connectivity index (χ4v) is 4.04. The van der Waals surface area contributed by atoms with E-state index in [-0.39, 0.29) is 23.3 Å². The van der Waals surface area contributed by atoms with E-state index in [1.165, 1.54) is 13.2 Å². The minimum absolute atomic E-state index is 0.181. The number of nitrogens with zero attached hydrogens (tertiary/aromatic N) is 4. The zero-order chi connectivity index (χ0) is 27.2. The zero-order valence-electron chi connectivity index (χ0n) is 21.4. The summed E-state index contributed by atoms with van der Waals surface area (Å²) in [5.41, 5.74) is 8.42. The van der Waals surface area contributed by atoms with Crippen LogP contribution in [-0.2, 0) is 13.1 Å². The number of carbonyl (C=O) groups is 3. The van der Waals surface area contributed by atoms with Crippen molar-refractivity contribution in [3.63, 3.8) is 0 Å². The van der Waals surface area contributed by atoms with Crippen LogP contribution < -0.4 is 21.1 Å². The van der Waals surface area contributed by atoms with Crippen molar-refractivity contribution in [3.05, 3.63) is 83.2 Å². The molecule has 11 heteroatoms. The molecule has 0 radical (unpaired) electrons. The highest BCUT2D eigenvalue weighted by Gasteiger charge is 2.21. The molecular formula is C27H29N7O4. The lowest BCUT2D eigenvalue weighted by Crippen LogP contribution is -2.23. The Balaban J connectivity index is 1.63. The number of anilines is 1. The van der Waals surface area contributed by atoms with Gasteiger partial charge < -0.3 is 20.4 Å². The van der Waals surface area contributed by atoms with E-state index >= 15 is 0 Å². The molecule has 0 aliphatic heterocycles. The van der Waals surface area contributed by atoms with E-state index in [0.29, 0.717) is 47.7 Å². The van der Waals surface area contributed by atoms with E-state index in [9.17, 15) is 14.4 Å². The van der Waals surface area contributed by atoms with Crippen LogP contribution in [0.3, 0.4) is 0 Å². The van der Waals surface area contributed by atoms with Crippen LogP contribution in [0.5, 0.6) is 5.75 Å². The van der Waals surface area contributed by atoms with Gasteiger partial charge in [0.25, 0.3) is 11.8 Å². The molecule has 0 unspecified atom stereocenters. The molecular weight excluding hydrogens is 486 g/mol. The number of nitrogens with two attached hydrogens (primary N) is 1. The molecule has 0 saturated carbocycles. The molecule has 4 N–H and O–H groups in total. The second kappa shape index (κ2) is 11.4. The van der Waals surface area contributed by atoms with Gasteiger partial charge in [-0.15, -0.1) is 0 Å². The number of carbonyl (C=O) groups excluding carboxylic acids is 3. The number of rotatable bonds is 10. The van der Waals surface area contributed by atoms with E-state index in [1.807, 2.05) is 26.0 Å². The van der Waals surface area contributed by atoms with Gasteiger partial charge in [0, 0.05) is 30.8 Å². The van der Waals surface area contributed by atoms with Gasteiger partial charge in [-0.25, -0.2) is 4.98 Å². The van der Waals surface area contributed by atoms with Gasteiger partial charge in [0.05, 0.1) is 18.3 Å². The highest BCUT2D eigenvalue weighted by atomic mass is 16.5. The second-order valence-electron chi connectivity index (χ2n) is 8.44. The van der Waals surface area contributed by atoms with Gasteiger partial charge in [-0.2, -0.15) is 5.10 Å². The van der Waals surface area contributed by atoms with Gasteiger partial charge in [-0.05, 0) is 44.2 Å². The summed E-state index contributed by atoms with van der Waals surface area (Å²) in [6.45, 7) is 4.84. The van der Waals surface area contributed by atoms with Crippen LogP contribution in [0.1, 0.15) is 43.8 Å². The third-order valence-corrected chi connectivity index (χ3v) is 5.84. The van der Waals surface area contributed by atoms with Crippen LogP contribution in [0, 0.1) is 6.92 Å². The van der Waals surface area contributed by atoms with Gasteiger partial charge in [0.1, 0.15) is 17.0 Å². The zero-order valence-corrected chi connectivity index (χ0v) is 21.4. The lowest BCUT2D eigenvalue weighted by Gasteiger charge is -2.11. The Morgan fingerprint density at radius 3 is 2.50 bits per heavy atom. The third-order valence-electron chi connectivity index (χ3n) is 5.84. The lowest BCUT2D eigenvalue weighted by molar-refractivity contribution is 0.0955. The number of ether oxygens (including phenoxy) is 1. The summed E-state index contributed by atoms with van der Waals surface area (Å²) in [6.07, 6.45) is 3.64. The van der Waals surface area contributed by atoms with E-state index in [2.05, 4.69) is 20.7 Å². The van der Waals surface area contributed by atoms with Crippen molar-refractivity contribution in [1.82, 2.24) is 24.6 Å². The maximum absolute atomic E-state index is 13.2. The summed E-state index contributed by atoms with van der Waals surface area (Å²) in [5, 5.41) is 10.0. The van der Waals surface area contributed by atoms with E-state index in [0.717, 1.165) is 5.69 Å². The Morgan fingerprint density at radius 2 is 1.82 bits per heavy atom. The van der Waals surface area contributed by atoms with Crippen molar-refractivity contribution >= 4 is 34.7 Å². The monoisotopic (exact) mass is 515 g/mol. The predicted molar refractivity (Wildman–Crippen MR) is 143 cm³/mol. The molecule has 0 aliphatic rings. The Kier molecular flexibility index (Phi) is 7.86. The molecule has 0 saturated heterocycles. The first kappa shape index (κ1) is 26.1. The predicted octanol–water partition coefficient (Wildman–Crippen LogP) is 2.91. The average molecular weight is 516 g/mol. The molecule has 3 amide bonds. The summed E-state index contributed by atoms with van der Waals surface area (Å²) >= 11 is 0. The fraction of sp³-hybridized carbons (Fsp3) is 0.222. The van der Waals surface area contributed by atoms with Gasteiger partial charge in [0.15, 0.2) is 0 Å². The first-order chi connectivity index (χ1) is 18.3. The van der Waals surface area contributed by atoms with Crippen LogP contribution in [0.25, 0.3) is 11.0 Å². The topological polar surface area (TPSA) is 146 Å². The first-order valence-electron chi connectivity index (χ1n) is 12.0. The number of primary amides is 1. The molecule has 0 spiro atoms. The minimum Gasteiger partial charge on any atom is -0.494 e. The standard InChI is InChI=1S/C27H29N7O4/c1-4-34-21(14-17(2)32-34)26(37)31-27-30-20-15-19(24(28)35)16-22(38-3)23(20)33(27)13-9-8-12-29-25(36)18-10-6-5-7-11-18/h5-11,14-16H,4,12-13H2,1-3H3,(H2,28,35)(H,29,36)(H,30,31,37). The fourth-order valence-electron chi connectivity index (χ4n) is 4.04. The Hall–Kier alpha value is -4.93. The molecule has 4 aromatic rings. The number of amides is 3. The molecule has 11 nitrogen and oxygen atoms in total. The van der Waals surface area contributed by atoms with Gasteiger partial charge in [0.2, 0.25) is 11.9 Å². The molecule has 0 aliphatic carbocycles. The van der Waals surface area contributed by atoms with Gasteiger partial charge >= 0.3 is 0 Å². The second-order valence-corrected chi connectivity index (χ2v) is 8.44. The molecule has 2 aromatic heterocycles. The number of aromatic nitrogens is 4.